The van der Waals surface area contributed by atoms with Crippen molar-refractivity contribution in [1.29, 1.82) is 0 Å². The molecule has 0 saturated carbocycles. The number of hydrogen-bond donors (Lipinski definition) is 1. The van der Waals surface area contributed by atoms with Gasteiger partial charge in [-0.05, 0) is 26.8 Å². The van der Waals surface area contributed by atoms with Gasteiger partial charge < -0.3 is 5.32 Å². The lowest BCUT2D eigenvalue weighted by Gasteiger charge is -2.10. The van der Waals surface area contributed by atoms with E-state index in [4.69, 9.17) is 0 Å². The van der Waals surface area contributed by atoms with Crippen LogP contribution in [0.3, 0.4) is 0 Å². The zero-order chi connectivity index (χ0) is 13.2. The largest absolute Gasteiger partial charge is 0.451 e. The second-order valence-corrected chi connectivity index (χ2v) is 3.84. The smallest absolute Gasteiger partial charge is 0.349 e. The van der Waals surface area contributed by atoms with Crippen LogP contribution >= 0.6 is 0 Å². The maximum Gasteiger partial charge on any atom is 0.451 e. The number of carbonyl (C=O) groups is 1. The van der Waals surface area contributed by atoms with E-state index in [0.29, 0.717) is 0 Å². The van der Waals surface area contributed by atoms with E-state index >= 15 is 0 Å². The van der Waals surface area contributed by atoms with Crippen molar-refractivity contribution in [3.8, 4) is 0 Å². The van der Waals surface area contributed by atoms with Crippen LogP contribution in [0, 0.1) is 6.92 Å². The fourth-order valence-electron chi connectivity index (χ4n) is 1.15. The molecule has 0 spiro atoms. The number of carbonyl (C=O) groups excluding carboxylic acids is 1. The third kappa shape index (κ3) is 3.69. The lowest BCUT2D eigenvalue weighted by atomic mass is 10.3. The Kier molecular flexibility index (Phi) is 3.69. The molecule has 0 bridgehead atoms. The molecule has 1 rings (SSSR count). The quantitative estimate of drug-likeness (QED) is 0.868. The van der Waals surface area contributed by atoms with E-state index in [0.717, 1.165) is 0 Å². The SMILES string of the molecule is Cc1cc(C(=O)NC(C)C)nc(C(F)(F)F)n1. The fourth-order valence-corrected chi connectivity index (χ4v) is 1.15. The average molecular weight is 247 g/mol. The van der Waals surface area contributed by atoms with Crippen LogP contribution in [-0.4, -0.2) is 21.9 Å². The molecule has 4 nitrogen and oxygen atoms in total. The van der Waals surface area contributed by atoms with Gasteiger partial charge in [-0.25, -0.2) is 9.97 Å². The van der Waals surface area contributed by atoms with Gasteiger partial charge in [-0.15, -0.1) is 0 Å². The first-order valence-corrected chi connectivity index (χ1v) is 4.94. The molecule has 0 radical (unpaired) electrons. The van der Waals surface area contributed by atoms with Crippen LogP contribution in [0.25, 0.3) is 0 Å². The highest BCUT2D eigenvalue weighted by atomic mass is 19.4. The summed E-state index contributed by atoms with van der Waals surface area (Å²) in [7, 11) is 0. The second-order valence-electron chi connectivity index (χ2n) is 3.84. The minimum atomic E-state index is -4.65. The lowest BCUT2D eigenvalue weighted by molar-refractivity contribution is -0.145. The van der Waals surface area contributed by atoms with Crippen LogP contribution in [0.1, 0.15) is 35.9 Å². The molecule has 94 valence electrons. The van der Waals surface area contributed by atoms with Crippen LogP contribution in [0.15, 0.2) is 6.07 Å². The van der Waals surface area contributed by atoms with Crippen molar-refractivity contribution in [2.24, 2.45) is 0 Å². The van der Waals surface area contributed by atoms with Crippen molar-refractivity contribution < 1.29 is 18.0 Å². The molecule has 0 aliphatic rings. The Morgan fingerprint density at radius 3 is 2.41 bits per heavy atom. The first kappa shape index (κ1) is 13.4. The highest BCUT2D eigenvalue weighted by Gasteiger charge is 2.35. The van der Waals surface area contributed by atoms with E-state index in [1.54, 1.807) is 13.8 Å². The zero-order valence-corrected chi connectivity index (χ0v) is 9.59. The summed E-state index contributed by atoms with van der Waals surface area (Å²) in [4.78, 5) is 18.0. The Balaban J connectivity index is 3.10. The van der Waals surface area contributed by atoms with Gasteiger partial charge in [0.1, 0.15) is 5.69 Å². The summed E-state index contributed by atoms with van der Waals surface area (Å²) in [6.45, 7) is 4.79. The van der Waals surface area contributed by atoms with Crippen LogP contribution in [0.5, 0.6) is 0 Å². The Labute approximate surface area is 96.3 Å². The van der Waals surface area contributed by atoms with E-state index in [9.17, 15) is 18.0 Å². The normalized spacial score (nSPS) is 11.7. The van der Waals surface area contributed by atoms with Crippen LogP contribution in [0.4, 0.5) is 13.2 Å². The van der Waals surface area contributed by atoms with Gasteiger partial charge in [0.25, 0.3) is 5.91 Å². The predicted octanol–water partition coefficient (Wildman–Crippen LogP) is 1.94. The Bertz CT molecular complexity index is 429. The van der Waals surface area contributed by atoms with E-state index in [2.05, 4.69) is 15.3 Å². The molecule has 1 aromatic heterocycles. The molecule has 0 aliphatic carbocycles. The van der Waals surface area contributed by atoms with E-state index in [-0.39, 0.29) is 17.4 Å². The van der Waals surface area contributed by atoms with E-state index < -0.39 is 17.9 Å². The van der Waals surface area contributed by atoms with Crippen molar-refractivity contribution in [1.82, 2.24) is 15.3 Å². The van der Waals surface area contributed by atoms with Gasteiger partial charge in [-0.3, -0.25) is 4.79 Å². The molecule has 1 N–H and O–H groups in total. The molecule has 1 aromatic rings. The van der Waals surface area contributed by atoms with Crippen molar-refractivity contribution >= 4 is 5.91 Å². The van der Waals surface area contributed by atoms with Crippen LogP contribution in [0.2, 0.25) is 0 Å². The Hall–Kier alpha value is -1.66. The standard InChI is InChI=1S/C10H12F3N3O/c1-5(2)14-8(17)7-4-6(3)15-9(16-7)10(11,12)13/h4-5H,1-3H3,(H,14,17). The highest BCUT2D eigenvalue weighted by Crippen LogP contribution is 2.26. The van der Waals surface area contributed by atoms with Gasteiger partial charge in [0.15, 0.2) is 0 Å². The number of nitrogens with one attached hydrogen (secondary N) is 1. The molecule has 0 unspecified atom stereocenters. The minimum absolute atomic E-state index is 0.0984. The summed E-state index contributed by atoms with van der Waals surface area (Å²) in [5, 5.41) is 2.47. The Morgan fingerprint density at radius 2 is 1.94 bits per heavy atom. The molecule has 0 aromatic carbocycles. The molecule has 0 saturated heterocycles. The lowest BCUT2D eigenvalue weighted by Crippen LogP contribution is -2.31. The molecule has 1 amide bonds. The number of rotatable bonds is 2. The maximum atomic E-state index is 12.4. The van der Waals surface area contributed by atoms with Gasteiger partial charge in [0.05, 0.1) is 0 Å². The molecular weight excluding hydrogens is 235 g/mol. The summed E-state index contributed by atoms with van der Waals surface area (Å²) in [6, 6.07) is 1.04. The number of hydrogen-bond acceptors (Lipinski definition) is 3. The van der Waals surface area contributed by atoms with E-state index in [1.807, 2.05) is 0 Å². The second kappa shape index (κ2) is 4.68. The highest BCUT2D eigenvalue weighted by molar-refractivity contribution is 5.92. The summed E-state index contributed by atoms with van der Waals surface area (Å²) < 4.78 is 37.3. The van der Waals surface area contributed by atoms with Gasteiger partial charge in [0.2, 0.25) is 5.82 Å². The summed E-state index contributed by atoms with van der Waals surface area (Å²) in [5.74, 6) is -1.94. The third-order valence-electron chi connectivity index (χ3n) is 1.76. The van der Waals surface area contributed by atoms with Crippen LogP contribution in [-0.2, 0) is 6.18 Å². The first-order chi connectivity index (χ1) is 7.70. The number of halogens is 3. The topological polar surface area (TPSA) is 54.9 Å². The van der Waals surface area contributed by atoms with Gasteiger partial charge in [-0.2, -0.15) is 13.2 Å². The Morgan fingerprint density at radius 1 is 1.35 bits per heavy atom. The van der Waals surface area contributed by atoms with E-state index in [1.165, 1.54) is 13.0 Å². The number of alkyl halides is 3. The van der Waals surface area contributed by atoms with Gasteiger partial charge >= 0.3 is 6.18 Å². The van der Waals surface area contributed by atoms with Crippen molar-refractivity contribution in [3.05, 3.63) is 23.3 Å². The average Bonchev–Trinajstić information content (AvgIpc) is 2.14. The number of amides is 1. The molecule has 7 heteroatoms. The van der Waals surface area contributed by atoms with Gasteiger partial charge in [-0.1, -0.05) is 0 Å². The molecule has 0 aliphatic heterocycles. The molecule has 0 atom stereocenters. The minimum Gasteiger partial charge on any atom is -0.349 e. The predicted molar refractivity (Wildman–Crippen MR) is 54.4 cm³/mol. The maximum absolute atomic E-state index is 12.4. The van der Waals surface area contributed by atoms with Crippen molar-refractivity contribution in [2.45, 2.75) is 33.0 Å². The van der Waals surface area contributed by atoms with Crippen molar-refractivity contribution in [2.75, 3.05) is 0 Å². The number of nitrogens with zero attached hydrogens (tertiary/aromatic N) is 2. The number of aryl methyl sites for hydroxylation is 1. The summed E-state index contributed by atoms with van der Waals surface area (Å²) in [6.07, 6.45) is -4.65. The molecular formula is C10H12F3N3O. The monoisotopic (exact) mass is 247 g/mol. The van der Waals surface area contributed by atoms with Gasteiger partial charge in [0, 0.05) is 11.7 Å². The third-order valence-corrected chi connectivity index (χ3v) is 1.76. The fraction of sp³-hybridized carbons (Fsp3) is 0.500. The number of aromatic nitrogens is 2. The summed E-state index contributed by atoms with van der Waals surface area (Å²) in [5.41, 5.74) is -0.181. The van der Waals surface area contributed by atoms with Crippen LogP contribution < -0.4 is 5.32 Å². The zero-order valence-electron chi connectivity index (χ0n) is 9.59. The first-order valence-electron chi connectivity index (χ1n) is 4.94. The molecule has 17 heavy (non-hydrogen) atoms. The molecule has 0 fully saturated rings. The summed E-state index contributed by atoms with van der Waals surface area (Å²) >= 11 is 0. The molecule has 1 heterocycles. The van der Waals surface area contributed by atoms with Crippen molar-refractivity contribution in [3.63, 3.8) is 0 Å².